The maximum atomic E-state index is 11.8. The summed E-state index contributed by atoms with van der Waals surface area (Å²) in [5.74, 6) is -0.624. The fraction of sp³-hybridized carbons (Fsp3) is 0.467. The summed E-state index contributed by atoms with van der Waals surface area (Å²) in [4.78, 5) is 25.4. The molecule has 0 spiro atoms. The minimum atomic E-state index is -0.390. The number of ether oxygens (including phenoxy) is 2. The standard InChI is InChI=1S/C15H19NO4/c1-10(11-7-5-4-6-8-11)16-12(14(17)19-2)9-13(16)15(18)20-3/h4-8,10,12-13H,9H2,1-3H3/t10-,12-,13+/m1/s1. The van der Waals surface area contributed by atoms with E-state index in [1.54, 1.807) is 0 Å². The fourth-order valence-corrected chi connectivity index (χ4v) is 2.69. The Kier molecular flexibility index (Phi) is 4.39. The first-order valence-electron chi connectivity index (χ1n) is 6.58. The number of nitrogens with zero attached hydrogens (tertiary/aromatic N) is 1. The van der Waals surface area contributed by atoms with Gasteiger partial charge in [0.2, 0.25) is 0 Å². The van der Waals surface area contributed by atoms with Crippen LogP contribution in [0.4, 0.5) is 0 Å². The predicted molar refractivity (Wildman–Crippen MR) is 72.9 cm³/mol. The first-order valence-corrected chi connectivity index (χ1v) is 6.58. The molecular weight excluding hydrogens is 258 g/mol. The number of hydrogen-bond donors (Lipinski definition) is 0. The van der Waals surface area contributed by atoms with Crippen LogP contribution in [0.2, 0.25) is 0 Å². The average molecular weight is 277 g/mol. The summed E-state index contributed by atoms with van der Waals surface area (Å²) in [7, 11) is 2.72. The monoisotopic (exact) mass is 277 g/mol. The molecule has 108 valence electrons. The first-order chi connectivity index (χ1) is 9.60. The van der Waals surface area contributed by atoms with E-state index in [4.69, 9.17) is 9.47 Å². The van der Waals surface area contributed by atoms with Gasteiger partial charge in [0.05, 0.1) is 14.2 Å². The van der Waals surface area contributed by atoms with Crippen molar-refractivity contribution in [3.63, 3.8) is 0 Å². The van der Waals surface area contributed by atoms with Gasteiger partial charge in [0, 0.05) is 6.04 Å². The van der Waals surface area contributed by atoms with Crippen LogP contribution in [-0.4, -0.2) is 43.1 Å². The van der Waals surface area contributed by atoms with Gasteiger partial charge in [0.25, 0.3) is 0 Å². The minimum absolute atomic E-state index is 0.0573. The molecule has 2 rings (SSSR count). The van der Waals surface area contributed by atoms with Crippen LogP contribution in [0.15, 0.2) is 30.3 Å². The van der Waals surface area contributed by atoms with Crippen molar-refractivity contribution in [2.24, 2.45) is 0 Å². The lowest BCUT2D eigenvalue weighted by Gasteiger charge is -2.48. The fourth-order valence-electron chi connectivity index (χ4n) is 2.69. The number of hydrogen-bond acceptors (Lipinski definition) is 5. The lowest BCUT2D eigenvalue weighted by Crippen LogP contribution is -2.63. The van der Waals surface area contributed by atoms with Gasteiger partial charge in [-0.3, -0.25) is 14.5 Å². The van der Waals surface area contributed by atoms with Crippen LogP contribution >= 0.6 is 0 Å². The van der Waals surface area contributed by atoms with Crippen molar-refractivity contribution in [2.45, 2.75) is 31.5 Å². The van der Waals surface area contributed by atoms with Gasteiger partial charge in [0.15, 0.2) is 0 Å². The third-order valence-corrected chi connectivity index (χ3v) is 3.84. The Morgan fingerprint density at radius 1 is 1.10 bits per heavy atom. The number of esters is 2. The highest BCUT2D eigenvalue weighted by Crippen LogP contribution is 2.36. The molecule has 1 heterocycles. The molecule has 0 aromatic heterocycles. The van der Waals surface area contributed by atoms with E-state index in [0.29, 0.717) is 6.42 Å². The van der Waals surface area contributed by atoms with Crippen molar-refractivity contribution in [2.75, 3.05) is 14.2 Å². The molecule has 1 aromatic rings. The number of rotatable bonds is 4. The van der Waals surface area contributed by atoms with Crippen molar-refractivity contribution in [1.29, 1.82) is 0 Å². The van der Waals surface area contributed by atoms with E-state index in [-0.39, 0.29) is 30.1 Å². The molecule has 0 radical (unpaired) electrons. The first kappa shape index (κ1) is 14.5. The summed E-state index contributed by atoms with van der Waals surface area (Å²) < 4.78 is 9.60. The second-order valence-electron chi connectivity index (χ2n) is 4.85. The molecule has 1 aromatic carbocycles. The molecule has 5 nitrogen and oxygen atoms in total. The van der Waals surface area contributed by atoms with E-state index in [1.807, 2.05) is 42.2 Å². The Morgan fingerprint density at radius 2 is 1.60 bits per heavy atom. The lowest BCUT2D eigenvalue weighted by atomic mass is 9.88. The molecule has 1 aliphatic rings. The Labute approximate surface area is 118 Å². The zero-order chi connectivity index (χ0) is 14.7. The highest BCUT2D eigenvalue weighted by molar-refractivity contribution is 5.84. The lowest BCUT2D eigenvalue weighted by molar-refractivity contribution is -0.171. The zero-order valence-electron chi connectivity index (χ0n) is 11.9. The molecule has 0 aliphatic carbocycles. The van der Waals surface area contributed by atoms with E-state index >= 15 is 0 Å². The normalized spacial score (nSPS) is 23.6. The van der Waals surface area contributed by atoms with E-state index < -0.39 is 0 Å². The Morgan fingerprint density at radius 3 is 2.05 bits per heavy atom. The molecule has 1 saturated heterocycles. The van der Waals surface area contributed by atoms with Gasteiger partial charge in [-0.25, -0.2) is 0 Å². The van der Waals surface area contributed by atoms with Gasteiger partial charge < -0.3 is 9.47 Å². The van der Waals surface area contributed by atoms with Crippen LogP contribution in [0.1, 0.15) is 24.9 Å². The summed E-state index contributed by atoms with van der Waals surface area (Å²) >= 11 is 0. The van der Waals surface area contributed by atoms with Gasteiger partial charge in [-0.05, 0) is 18.9 Å². The second kappa shape index (κ2) is 6.05. The van der Waals surface area contributed by atoms with Crippen molar-refractivity contribution >= 4 is 11.9 Å². The van der Waals surface area contributed by atoms with Gasteiger partial charge in [0.1, 0.15) is 12.1 Å². The number of methoxy groups -OCH3 is 2. The molecule has 0 bridgehead atoms. The zero-order valence-corrected chi connectivity index (χ0v) is 11.9. The van der Waals surface area contributed by atoms with Crippen LogP contribution in [0.3, 0.4) is 0 Å². The molecule has 0 unspecified atom stereocenters. The van der Waals surface area contributed by atoms with E-state index in [9.17, 15) is 9.59 Å². The maximum absolute atomic E-state index is 11.8. The highest BCUT2D eigenvalue weighted by Gasteiger charge is 2.50. The van der Waals surface area contributed by atoms with Crippen molar-refractivity contribution < 1.29 is 19.1 Å². The minimum Gasteiger partial charge on any atom is -0.468 e. The van der Waals surface area contributed by atoms with Gasteiger partial charge in [-0.1, -0.05) is 30.3 Å². The van der Waals surface area contributed by atoms with Crippen LogP contribution in [0.25, 0.3) is 0 Å². The number of carbonyl (C=O) groups excluding carboxylic acids is 2. The predicted octanol–water partition coefficient (Wildman–Crippen LogP) is 1.54. The molecule has 0 N–H and O–H groups in total. The average Bonchev–Trinajstić information content (AvgIpc) is 2.46. The Bertz CT molecular complexity index is 466. The van der Waals surface area contributed by atoms with Crippen LogP contribution < -0.4 is 0 Å². The molecular formula is C15H19NO4. The van der Waals surface area contributed by atoms with E-state index in [2.05, 4.69) is 0 Å². The quantitative estimate of drug-likeness (QED) is 0.781. The van der Waals surface area contributed by atoms with Crippen molar-refractivity contribution in [1.82, 2.24) is 4.90 Å². The summed E-state index contributed by atoms with van der Waals surface area (Å²) in [6.07, 6.45) is 0.441. The molecule has 0 saturated carbocycles. The summed E-state index contributed by atoms with van der Waals surface area (Å²) in [5, 5.41) is 0. The number of carbonyl (C=O) groups is 2. The van der Waals surface area contributed by atoms with Crippen LogP contribution in [0, 0.1) is 0 Å². The molecule has 20 heavy (non-hydrogen) atoms. The van der Waals surface area contributed by atoms with Gasteiger partial charge in [-0.2, -0.15) is 0 Å². The maximum Gasteiger partial charge on any atom is 0.323 e. The number of likely N-dealkylation sites (tertiary alicyclic amines) is 1. The van der Waals surface area contributed by atoms with Gasteiger partial charge in [-0.15, -0.1) is 0 Å². The van der Waals surface area contributed by atoms with Crippen molar-refractivity contribution in [3.05, 3.63) is 35.9 Å². The van der Waals surface area contributed by atoms with Crippen LogP contribution in [0.5, 0.6) is 0 Å². The summed E-state index contributed by atoms with van der Waals surface area (Å²) in [6.45, 7) is 1.97. The van der Waals surface area contributed by atoms with E-state index in [0.717, 1.165) is 5.56 Å². The van der Waals surface area contributed by atoms with Crippen molar-refractivity contribution in [3.8, 4) is 0 Å². The second-order valence-corrected chi connectivity index (χ2v) is 4.85. The molecule has 1 aliphatic heterocycles. The largest absolute Gasteiger partial charge is 0.468 e. The van der Waals surface area contributed by atoms with Crippen LogP contribution in [-0.2, 0) is 19.1 Å². The van der Waals surface area contributed by atoms with Gasteiger partial charge >= 0.3 is 11.9 Å². The third-order valence-electron chi connectivity index (χ3n) is 3.84. The molecule has 0 amide bonds. The Hall–Kier alpha value is -1.88. The molecule has 3 atom stereocenters. The third kappa shape index (κ3) is 2.54. The van der Waals surface area contributed by atoms with E-state index in [1.165, 1.54) is 14.2 Å². The number of benzene rings is 1. The summed E-state index contributed by atoms with van der Waals surface area (Å²) in [6, 6.07) is 8.92. The highest BCUT2D eigenvalue weighted by atomic mass is 16.5. The molecule has 5 heteroatoms. The topological polar surface area (TPSA) is 55.8 Å². The smallest absolute Gasteiger partial charge is 0.323 e. The Balaban J connectivity index is 2.22. The summed E-state index contributed by atoms with van der Waals surface area (Å²) in [5.41, 5.74) is 1.05. The molecule has 1 fully saturated rings. The SMILES string of the molecule is COC(=O)[C@H]1C[C@@H](C(=O)OC)N1[C@H](C)c1ccccc1.